The van der Waals surface area contributed by atoms with Gasteiger partial charge in [-0.1, -0.05) is 6.07 Å². The van der Waals surface area contributed by atoms with Crippen LogP contribution < -0.4 is 5.32 Å². The Morgan fingerprint density at radius 3 is 2.38 bits per heavy atom. The fraction of sp³-hybridized carbons (Fsp3) is 0.600. The van der Waals surface area contributed by atoms with Crippen molar-refractivity contribution in [2.24, 2.45) is 4.99 Å². The van der Waals surface area contributed by atoms with Crippen molar-refractivity contribution in [3.8, 4) is 0 Å². The normalized spacial score (nSPS) is 22.1. The molecule has 1 aromatic carbocycles. The molecule has 1 aromatic rings. The van der Waals surface area contributed by atoms with Crippen LogP contribution in [0.5, 0.6) is 0 Å². The van der Waals surface area contributed by atoms with Gasteiger partial charge in [0.1, 0.15) is 11.6 Å². The maximum absolute atomic E-state index is 14.0. The van der Waals surface area contributed by atoms with Crippen LogP contribution in [0.15, 0.2) is 23.2 Å². The molecule has 0 aromatic heterocycles. The molecule has 9 heteroatoms. The molecule has 1 saturated carbocycles. The van der Waals surface area contributed by atoms with Gasteiger partial charge >= 0.3 is 0 Å². The van der Waals surface area contributed by atoms with E-state index in [4.69, 9.17) is 0 Å². The molecule has 2 aliphatic rings. The molecule has 1 saturated heterocycles. The van der Waals surface area contributed by atoms with Crippen molar-refractivity contribution in [3.05, 3.63) is 35.4 Å². The molecule has 6 nitrogen and oxygen atoms in total. The number of nitrogens with zero attached hydrogens (tertiary/aromatic N) is 4. The van der Waals surface area contributed by atoms with Crippen molar-refractivity contribution in [1.29, 1.82) is 0 Å². The predicted molar refractivity (Wildman–Crippen MR) is 121 cm³/mol. The summed E-state index contributed by atoms with van der Waals surface area (Å²) >= 11 is 0. The predicted octanol–water partition coefficient (Wildman–Crippen LogP) is 2.11. The van der Waals surface area contributed by atoms with Crippen LogP contribution in [0.4, 0.5) is 8.78 Å². The Morgan fingerprint density at radius 2 is 1.83 bits per heavy atom. The largest absolute Gasteiger partial charge is 0.353 e. The number of rotatable bonds is 5. The number of hydrogen-bond donors (Lipinski definition) is 1. The first-order valence-electron chi connectivity index (χ1n) is 9.75. The molecule has 2 fully saturated rings. The summed E-state index contributed by atoms with van der Waals surface area (Å²) in [5.41, 5.74) is 0.172. The van der Waals surface area contributed by atoms with Crippen molar-refractivity contribution in [1.82, 2.24) is 20.0 Å². The molecule has 2 unspecified atom stereocenters. The molecule has 0 bridgehead atoms. The standard InChI is InChI=1S/C20H29F2N5O.HI/c1-23-20(24-17-13-14(17)19-15(21)5-4-6-16(19)22)27-11-9-26(10-12-27)8-7-18(28)25(2)3;/h4-6,14,17H,7-13H2,1-3H3,(H,23,24);1H. The molecule has 1 N–H and O–H groups in total. The summed E-state index contributed by atoms with van der Waals surface area (Å²) in [6.45, 7) is 4.09. The number of guanidine groups is 1. The van der Waals surface area contributed by atoms with E-state index in [0.29, 0.717) is 12.8 Å². The number of carbonyl (C=O) groups is 1. The smallest absolute Gasteiger partial charge is 0.223 e. The highest BCUT2D eigenvalue weighted by Crippen LogP contribution is 2.43. The Bertz CT molecular complexity index is 717. The molecule has 162 valence electrons. The number of carbonyl (C=O) groups excluding carboxylic acids is 1. The zero-order valence-corrected chi connectivity index (χ0v) is 19.5. The zero-order chi connectivity index (χ0) is 20.3. The van der Waals surface area contributed by atoms with Gasteiger partial charge in [0.25, 0.3) is 0 Å². The van der Waals surface area contributed by atoms with Crippen LogP contribution in [0.3, 0.4) is 0 Å². The summed E-state index contributed by atoms with van der Waals surface area (Å²) in [4.78, 5) is 22.1. The lowest BCUT2D eigenvalue weighted by molar-refractivity contribution is -0.129. The Labute approximate surface area is 188 Å². The average Bonchev–Trinajstić information content (AvgIpc) is 3.43. The molecular weight excluding hydrogens is 491 g/mol. The van der Waals surface area contributed by atoms with Crippen LogP contribution in [-0.4, -0.2) is 86.5 Å². The first-order valence-corrected chi connectivity index (χ1v) is 9.75. The van der Waals surface area contributed by atoms with E-state index in [9.17, 15) is 13.6 Å². The molecule has 1 aliphatic heterocycles. The van der Waals surface area contributed by atoms with E-state index in [2.05, 4.69) is 20.1 Å². The number of nitrogens with one attached hydrogen (secondary N) is 1. The Morgan fingerprint density at radius 1 is 1.21 bits per heavy atom. The van der Waals surface area contributed by atoms with Crippen LogP contribution in [0.25, 0.3) is 0 Å². The van der Waals surface area contributed by atoms with Gasteiger partial charge in [-0.05, 0) is 18.6 Å². The summed E-state index contributed by atoms with van der Waals surface area (Å²) in [6.07, 6.45) is 1.22. The van der Waals surface area contributed by atoms with Crippen molar-refractivity contribution in [2.75, 3.05) is 53.9 Å². The first kappa shape index (κ1) is 23.8. The van der Waals surface area contributed by atoms with E-state index in [-0.39, 0.29) is 47.4 Å². The van der Waals surface area contributed by atoms with Gasteiger partial charge in [-0.3, -0.25) is 14.7 Å². The second-order valence-corrected chi connectivity index (χ2v) is 7.64. The van der Waals surface area contributed by atoms with Gasteiger partial charge in [0.2, 0.25) is 5.91 Å². The zero-order valence-electron chi connectivity index (χ0n) is 17.2. The molecule has 3 rings (SSSR count). The quantitative estimate of drug-likeness (QED) is 0.367. The third kappa shape index (κ3) is 6.00. The Hall–Kier alpha value is -1.49. The van der Waals surface area contributed by atoms with Crippen molar-refractivity contribution in [3.63, 3.8) is 0 Å². The fourth-order valence-electron chi connectivity index (χ4n) is 3.66. The van der Waals surface area contributed by atoms with Gasteiger partial charge in [-0.25, -0.2) is 8.78 Å². The number of hydrogen-bond acceptors (Lipinski definition) is 3. The van der Waals surface area contributed by atoms with E-state index < -0.39 is 11.6 Å². The van der Waals surface area contributed by atoms with E-state index >= 15 is 0 Å². The fourth-order valence-corrected chi connectivity index (χ4v) is 3.66. The van der Waals surface area contributed by atoms with E-state index in [0.717, 1.165) is 38.7 Å². The van der Waals surface area contributed by atoms with Gasteiger partial charge in [0.15, 0.2) is 5.96 Å². The Balaban J connectivity index is 0.00000300. The first-order chi connectivity index (χ1) is 13.4. The minimum absolute atomic E-state index is 0. The molecule has 0 spiro atoms. The van der Waals surface area contributed by atoms with Crippen molar-refractivity contribution >= 4 is 35.8 Å². The van der Waals surface area contributed by atoms with E-state index in [1.807, 2.05) is 0 Å². The van der Waals surface area contributed by atoms with Crippen LogP contribution in [0.1, 0.15) is 24.3 Å². The van der Waals surface area contributed by atoms with Crippen LogP contribution >= 0.6 is 24.0 Å². The van der Waals surface area contributed by atoms with Crippen molar-refractivity contribution < 1.29 is 13.6 Å². The molecular formula is C20H30F2IN5O. The van der Waals surface area contributed by atoms with Gasteiger partial charge in [0.05, 0.1) is 0 Å². The number of amides is 1. The third-order valence-corrected chi connectivity index (χ3v) is 5.50. The number of benzene rings is 1. The lowest BCUT2D eigenvalue weighted by Crippen LogP contribution is -2.53. The second kappa shape index (κ2) is 10.5. The maximum Gasteiger partial charge on any atom is 0.223 e. The van der Waals surface area contributed by atoms with Crippen LogP contribution in [0, 0.1) is 11.6 Å². The minimum Gasteiger partial charge on any atom is -0.353 e. The Kier molecular flexibility index (Phi) is 8.62. The number of piperazine rings is 1. The second-order valence-electron chi connectivity index (χ2n) is 7.64. The maximum atomic E-state index is 14.0. The highest BCUT2D eigenvalue weighted by Gasteiger charge is 2.43. The van der Waals surface area contributed by atoms with Gasteiger partial charge in [-0.2, -0.15) is 0 Å². The van der Waals surface area contributed by atoms with Gasteiger partial charge in [0, 0.05) is 77.8 Å². The van der Waals surface area contributed by atoms with Crippen LogP contribution in [-0.2, 0) is 4.79 Å². The molecule has 0 radical (unpaired) electrons. The molecule has 1 amide bonds. The van der Waals surface area contributed by atoms with Crippen LogP contribution in [0.2, 0.25) is 0 Å². The molecule has 29 heavy (non-hydrogen) atoms. The molecule has 1 aliphatic carbocycles. The SMILES string of the molecule is CN=C(NC1CC1c1c(F)cccc1F)N1CCN(CCC(=O)N(C)C)CC1.I. The number of halogens is 3. The summed E-state index contributed by atoms with van der Waals surface area (Å²) < 4.78 is 27.9. The molecule has 1 heterocycles. The highest BCUT2D eigenvalue weighted by atomic mass is 127. The summed E-state index contributed by atoms with van der Waals surface area (Å²) in [7, 11) is 5.27. The molecule has 2 atom stereocenters. The number of aliphatic imine (C=N–C) groups is 1. The lowest BCUT2D eigenvalue weighted by atomic mass is 10.1. The third-order valence-electron chi connectivity index (χ3n) is 5.50. The van der Waals surface area contributed by atoms with E-state index in [1.165, 1.54) is 18.2 Å². The minimum atomic E-state index is -0.481. The summed E-state index contributed by atoms with van der Waals surface area (Å²) in [6, 6.07) is 4.01. The van der Waals surface area contributed by atoms with E-state index in [1.54, 1.807) is 26.0 Å². The van der Waals surface area contributed by atoms with Gasteiger partial charge < -0.3 is 15.1 Å². The highest BCUT2D eigenvalue weighted by molar-refractivity contribution is 14.0. The van der Waals surface area contributed by atoms with Crippen molar-refractivity contribution in [2.45, 2.75) is 24.8 Å². The summed E-state index contributed by atoms with van der Waals surface area (Å²) in [5.74, 6) is -0.208. The van der Waals surface area contributed by atoms with Gasteiger partial charge in [-0.15, -0.1) is 24.0 Å². The summed E-state index contributed by atoms with van der Waals surface area (Å²) in [5, 5.41) is 3.36. The average molecular weight is 521 g/mol. The lowest BCUT2D eigenvalue weighted by Gasteiger charge is -2.36. The topological polar surface area (TPSA) is 51.2 Å². The monoisotopic (exact) mass is 521 g/mol.